The second-order valence-electron chi connectivity index (χ2n) is 8.31. The van der Waals surface area contributed by atoms with E-state index in [1.165, 1.54) is 25.7 Å². The fourth-order valence-corrected chi connectivity index (χ4v) is 4.15. The summed E-state index contributed by atoms with van der Waals surface area (Å²) in [6.45, 7) is 4.00. The smallest absolute Gasteiger partial charge is 0.317 e. The molecule has 2 aliphatic rings. The standard InChI is InChI=1S/C24H35N3O2/c1-3-19(2)26-29-24(25-21-15-9-5-10-16-21)27(22-17-11-6-12-18-22)23(28)20-13-7-4-8-14-20/h4,7-8,13-14,21-22H,3,5-6,9-12,15-18H2,1-2H3/b25-24?,26-19+. The number of amidine groups is 1. The van der Waals surface area contributed by atoms with Gasteiger partial charge in [0.15, 0.2) is 0 Å². The molecule has 158 valence electrons. The number of amides is 1. The van der Waals surface area contributed by atoms with E-state index in [0.29, 0.717) is 11.6 Å². The van der Waals surface area contributed by atoms with Crippen molar-refractivity contribution in [3.8, 4) is 0 Å². The Balaban J connectivity index is 1.95. The summed E-state index contributed by atoms with van der Waals surface area (Å²) in [6, 6.07) is 10.2. The summed E-state index contributed by atoms with van der Waals surface area (Å²) in [5.74, 6) is -0.0311. The van der Waals surface area contributed by atoms with Crippen LogP contribution in [0.5, 0.6) is 0 Å². The van der Waals surface area contributed by atoms with Crippen molar-refractivity contribution in [1.29, 1.82) is 0 Å². The van der Waals surface area contributed by atoms with E-state index < -0.39 is 0 Å². The maximum atomic E-state index is 13.6. The molecule has 5 nitrogen and oxygen atoms in total. The Morgan fingerprint density at radius 1 is 1.00 bits per heavy atom. The molecule has 5 heteroatoms. The second kappa shape index (κ2) is 11.1. The van der Waals surface area contributed by atoms with Crippen molar-refractivity contribution in [2.24, 2.45) is 10.1 Å². The van der Waals surface area contributed by atoms with Crippen molar-refractivity contribution in [2.45, 2.75) is 96.6 Å². The monoisotopic (exact) mass is 397 g/mol. The predicted octanol–water partition coefficient (Wildman–Crippen LogP) is 5.95. The molecule has 0 aromatic heterocycles. The first kappa shape index (κ1) is 21.5. The van der Waals surface area contributed by atoms with E-state index in [1.807, 2.05) is 49.1 Å². The molecule has 2 saturated carbocycles. The molecule has 1 amide bonds. The number of carbonyl (C=O) groups excluding carboxylic acids is 1. The zero-order valence-electron chi connectivity index (χ0n) is 18.0. The molecule has 1 aromatic carbocycles. The van der Waals surface area contributed by atoms with Crippen LogP contribution >= 0.6 is 0 Å². The minimum Gasteiger partial charge on any atom is -0.317 e. The maximum Gasteiger partial charge on any atom is 0.325 e. The minimum absolute atomic E-state index is 0.0311. The first-order valence-corrected chi connectivity index (χ1v) is 11.4. The molecule has 0 N–H and O–H groups in total. The number of nitrogens with zero attached hydrogens (tertiary/aromatic N) is 3. The summed E-state index contributed by atoms with van der Waals surface area (Å²) in [7, 11) is 0. The van der Waals surface area contributed by atoms with Gasteiger partial charge in [0.05, 0.1) is 11.8 Å². The van der Waals surface area contributed by atoms with Crippen molar-refractivity contribution in [3.63, 3.8) is 0 Å². The van der Waals surface area contributed by atoms with Crippen molar-refractivity contribution < 1.29 is 9.63 Å². The molecule has 3 rings (SSSR count). The molecule has 0 aliphatic heterocycles. The average molecular weight is 398 g/mol. The summed E-state index contributed by atoms with van der Waals surface area (Å²) < 4.78 is 0. The number of oxime groups is 1. The Morgan fingerprint density at radius 2 is 1.62 bits per heavy atom. The Morgan fingerprint density at radius 3 is 2.24 bits per heavy atom. The van der Waals surface area contributed by atoms with Gasteiger partial charge in [-0.2, -0.15) is 0 Å². The van der Waals surface area contributed by atoms with Gasteiger partial charge in [-0.05, 0) is 51.2 Å². The Bertz CT molecular complexity index is 702. The maximum absolute atomic E-state index is 13.6. The highest BCUT2D eigenvalue weighted by atomic mass is 16.6. The van der Waals surface area contributed by atoms with Gasteiger partial charge in [0.1, 0.15) is 0 Å². The van der Waals surface area contributed by atoms with Crippen molar-refractivity contribution >= 4 is 17.6 Å². The van der Waals surface area contributed by atoms with Gasteiger partial charge in [0.25, 0.3) is 5.91 Å². The molecular weight excluding hydrogens is 362 g/mol. The van der Waals surface area contributed by atoms with Crippen LogP contribution in [0.15, 0.2) is 40.5 Å². The number of aliphatic imine (C=N–C) groups is 1. The Kier molecular flexibility index (Phi) is 8.26. The van der Waals surface area contributed by atoms with Crippen molar-refractivity contribution in [3.05, 3.63) is 35.9 Å². The molecule has 1 aromatic rings. The Labute approximate surface area is 175 Å². The minimum atomic E-state index is -0.0311. The van der Waals surface area contributed by atoms with Gasteiger partial charge in [-0.25, -0.2) is 4.99 Å². The van der Waals surface area contributed by atoms with E-state index in [9.17, 15) is 4.79 Å². The van der Waals surface area contributed by atoms with Gasteiger partial charge in [0, 0.05) is 11.6 Å². The molecule has 0 unspecified atom stereocenters. The molecule has 2 aliphatic carbocycles. The molecule has 0 radical (unpaired) electrons. The van der Waals surface area contributed by atoms with Gasteiger partial charge in [-0.3, -0.25) is 9.69 Å². The molecular formula is C24H35N3O2. The molecule has 29 heavy (non-hydrogen) atoms. The fourth-order valence-electron chi connectivity index (χ4n) is 4.15. The third-order valence-electron chi connectivity index (χ3n) is 6.05. The second-order valence-corrected chi connectivity index (χ2v) is 8.31. The van der Waals surface area contributed by atoms with Gasteiger partial charge in [-0.1, -0.05) is 68.8 Å². The van der Waals surface area contributed by atoms with Crippen molar-refractivity contribution in [2.75, 3.05) is 0 Å². The topological polar surface area (TPSA) is 54.3 Å². The molecule has 2 fully saturated rings. The molecule has 0 spiro atoms. The zero-order valence-corrected chi connectivity index (χ0v) is 18.0. The first-order valence-electron chi connectivity index (χ1n) is 11.4. The first-order chi connectivity index (χ1) is 14.2. The van der Waals surface area contributed by atoms with Gasteiger partial charge < -0.3 is 4.84 Å². The van der Waals surface area contributed by atoms with E-state index >= 15 is 0 Å². The number of hydrogen-bond acceptors (Lipinski definition) is 4. The number of benzene rings is 1. The van der Waals surface area contributed by atoms with Gasteiger partial charge in [-0.15, -0.1) is 0 Å². The van der Waals surface area contributed by atoms with Crippen LogP contribution in [-0.2, 0) is 4.84 Å². The highest BCUT2D eigenvalue weighted by molar-refractivity contribution is 6.04. The van der Waals surface area contributed by atoms with Crippen LogP contribution in [0.25, 0.3) is 0 Å². The lowest BCUT2D eigenvalue weighted by Crippen LogP contribution is -2.47. The third kappa shape index (κ3) is 6.15. The van der Waals surface area contributed by atoms with Gasteiger partial charge >= 0.3 is 6.02 Å². The SMILES string of the molecule is CC/C(C)=N/OC(=NC1CCCCC1)N(C(=O)c1ccccc1)C1CCCCC1. The fraction of sp³-hybridized carbons (Fsp3) is 0.625. The molecule has 0 heterocycles. The third-order valence-corrected chi connectivity index (χ3v) is 6.05. The van der Waals surface area contributed by atoms with Gasteiger partial charge in [0.2, 0.25) is 0 Å². The largest absolute Gasteiger partial charge is 0.325 e. The number of rotatable bonds is 5. The lowest BCUT2D eigenvalue weighted by Gasteiger charge is -2.34. The van der Waals surface area contributed by atoms with Crippen LogP contribution in [0.3, 0.4) is 0 Å². The lowest BCUT2D eigenvalue weighted by atomic mass is 9.93. The summed E-state index contributed by atoms with van der Waals surface area (Å²) in [6.07, 6.45) is 12.1. The van der Waals surface area contributed by atoms with Crippen LogP contribution in [0.1, 0.15) is 94.8 Å². The van der Waals surface area contributed by atoms with Crippen LogP contribution in [0, 0.1) is 0 Å². The van der Waals surface area contributed by atoms with E-state index in [2.05, 4.69) is 5.16 Å². The van der Waals surface area contributed by atoms with Crippen LogP contribution in [-0.4, -0.2) is 34.6 Å². The van der Waals surface area contributed by atoms with Crippen LogP contribution in [0.4, 0.5) is 0 Å². The zero-order chi connectivity index (χ0) is 20.5. The predicted molar refractivity (Wildman–Crippen MR) is 118 cm³/mol. The normalized spacial score (nSPS) is 19.8. The van der Waals surface area contributed by atoms with E-state index in [-0.39, 0.29) is 18.0 Å². The quantitative estimate of drug-likeness (QED) is 0.350. The molecule has 0 atom stereocenters. The van der Waals surface area contributed by atoms with Crippen LogP contribution < -0.4 is 0 Å². The summed E-state index contributed by atoms with van der Waals surface area (Å²) >= 11 is 0. The van der Waals surface area contributed by atoms with Crippen LogP contribution in [0.2, 0.25) is 0 Å². The summed E-state index contributed by atoms with van der Waals surface area (Å²) in [5, 5.41) is 4.29. The van der Waals surface area contributed by atoms with Crippen molar-refractivity contribution in [1.82, 2.24) is 4.90 Å². The van der Waals surface area contributed by atoms with E-state index in [1.54, 1.807) is 0 Å². The number of carbonyl (C=O) groups is 1. The Hall–Kier alpha value is -2.17. The van der Waals surface area contributed by atoms with E-state index in [0.717, 1.165) is 50.7 Å². The van der Waals surface area contributed by atoms with E-state index in [4.69, 9.17) is 9.83 Å². The average Bonchev–Trinajstić information content (AvgIpc) is 2.79. The molecule has 0 saturated heterocycles. The summed E-state index contributed by atoms with van der Waals surface area (Å²) in [4.78, 5) is 26.2. The molecule has 0 bridgehead atoms. The number of hydrogen-bond donors (Lipinski definition) is 0. The highest BCUT2D eigenvalue weighted by Crippen LogP contribution is 2.27. The summed E-state index contributed by atoms with van der Waals surface area (Å²) in [5.41, 5.74) is 1.58. The highest BCUT2D eigenvalue weighted by Gasteiger charge is 2.32. The lowest BCUT2D eigenvalue weighted by molar-refractivity contribution is 0.0715.